The van der Waals surface area contributed by atoms with Crippen molar-refractivity contribution >= 4 is 28.4 Å². The highest BCUT2D eigenvalue weighted by Crippen LogP contribution is 2.36. The third kappa shape index (κ3) is 4.22. The number of piperidine rings is 1. The van der Waals surface area contributed by atoms with Crippen molar-refractivity contribution in [2.45, 2.75) is 32.0 Å². The van der Waals surface area contributed by atoms with Gasteiger partial charge in [0.2, 0.25) is 5.95 Å². The zero-order valence-corrected chi connectivity index (χ0v) is 20.8. The lowest BCUT2D eigenvalue weighted by Crippen LogP contribution is -2.68. The molecule has 2 atom stereocenters. The van der Waals surface area contributed by atoms with Gasteiger partial charge in [0.1, 0.15) is 11.6 Å². The van der Waals surface area contributed by atoms with Crippen molar-refractivity contribution < 1.29 is 4.39 Å². The Hall–Kier alpha value is -4.44. The summed E-state index contributed by atoms with van der Waals surface area (Å²) in [4.78, 5) is 23.0. The fraction of sp³-hybridized carbons (Fsp3) is 0.250. The van der Waals surface area contributed by atoms with E-state index >= 15 is 0 Å². The molecule has 5 aromatic rings. The zero-order chi connectivity index (χ0) is 25.6. The zero-order valence-electron chi connectivity index (χ0n) is 20.8. The molecule has 2 unspecified atom stereocenters. The molecule has 9 nitrogen and oxygen atoms in total. The number of aromatic nitrogens is 6. The van der Waals surface area contributed by atoms with Crippen LogP contribution in [0.3, 0.4) is 0 Å². The normalized spacial score (nSPS) is 18.9. The average Bonchev–Trinajstić information content (AvgIpc) is 3.37. The number of piperazine rings is 1. The molecule has 2 bridgehead atoms. The largest absolute Gasteiger partial charge is 0.353 e. The molecule has 38 heavy (non-hydrogen) atoms. The van der Waals surface area contributed by atoms with E-state index < -0.39 is 5.95 Å². The Bertz CT molecular complexity index is 1590. The van der Waals surface area contributed by atoms with Crippen molar-refractivity contribution in [2.24, 2.45) is 0 Å². The first-order valence-electron chi connectivity index (χ1n) is 12.7. The molecule has 0 spiro atoms. The Morgan fingerprint density at radius 1 is 1.00 bits per heavy atom. The summed E-state index contributed by atoms with van der Waals surface area (Å²) in [5, 5.41) is 11.5. The standard InChI is InChI=1S/C28H26FN9/c1-17-10-25(36-35-17)33-28-22-4-2-3-5-23(22)32-27(34-28)19-7-9-26(31-13-19)37-15-20-11-21(16-37)38(20)14-18-6-8-24(29)30-12-18/h2-10,12-13,20-21H,11,14-16H2,1H3,(H2,32,33,34,35,36). The number of aromatic amines is 1. The molecular weight excluding hydrogens is 481 g/mol. The quantitative estimate of drug-likeness (QED) is 0.325. The third-order valence-electron chi connectivity index (χ3n) is 7.38. The number of halogens is 1. The Labute approximate surface area is 218 Å². The number of nitrogens with one attached hydrogen (secondary N) is 2. The summed E-state index contributed by atoms with van der Waals surface area (Å²) >= 11 is 0. The van der Waals surface area contributed by atoms with E-state index in [2.05, 4.69) is 36.4 Å². The SMILES string of the molecule is Cc1cc(Nc2nc(-c3ccc(N4CC5CC(C4)N5Cc4ccc(F)nc4)nc3)nc3ccccc23)n[nH]1. The summed E-state index contributed by atoms with van der Waals surface area (Å²) in [6, 6.07) is 18.1. The van der Waals surface area contributed by atoms with E-state index in [0.717, 1.165) is 53.2 Å². The van der Waals surface area contributed by atoms with Gasteiger partial charge in [-0.3, -0.25) is 10.00 Å². The van der Waals surface area contributed by atoms with Crippen molar-refractivity contribution in [1.82, 2.24) is 35.0 Å². The van der Waals surface area contributed by atoms with Gasteiger partial charge < -0.3 is 10.2 Å². The van der Waals surface area contributed by atoms with Crippen LogP contribution in [0.25, 0.3) is 22.3 Å². The molecule has 2 N–H and O–H groups in total. The van der Waals surface area contributed by atoms with E-state index in [4.69, 9.17) is 15.0 Å². The Morgan fingerprint density at radius 3 is 2.61 bits per heavy atom. The summed E-state index contributed by atoms with van der Waals surface area (Å²) in [6.07, 6.45) is 4.66. The first kappa shape index (κ1) is 22.7. The fourth-order valence-corrected chi connectivity index (χ4v) is 5.45. The molecule has 10 heteroatoms. The second-order valence-corrected chi connectivity index (χ2v) is 9.99. The van der Waals surface area contributed by atoms with Gasteiger partial charge in [-0.15, -0.1) is 0 Å². The molecule has 0 saturated carbocycles. The highest BCUT2D eigenvalue weighted by Gasteiger charge is 2.44. The number of rotatable bonds is 6. The molecular formula is C28H26FN9. The maximum atomic E-state index is 13.2. The first-order valence-corrected chi connectivity index (χ1v) is 12.7. The molecule has 7 heterocycles. The van der Waals surface area contributed by atoms with E-state index in [1.807, 2.05) is 55.6 Å². The van der Waals surface area contributed by atoms with Gasteiger partial charge >= 0.3 is 0 Å². The lowest BCUT2D eigenvalue weighted by Gasteiger charge is -2.56. The number of aryl methyl sites for hydroxylation is 1. The molecule has 3 aliphatic rings. The first-order chi connectivity index (χ1) is 18.6. The van der Waals surface area contributed by atoms with Gasteiger partial charge in [0.05, 0.1) is 5.52 Å². The molecule has 3 saturated heterocycles. The monoisotopic (exact) mass is 507 g/mol. The predicted octanol–water partition coefficient (Wildman–Crippen LogP) is 4.46. The molecule has 3 fully saturated rings. The van der Waals surface area contributed by atoms with Crippen LogP contribution in [0, 0.1) is 12.9 Å². The fourth-order valence-electron chi connectivity index (χ4n) is 5.45. The van der Waals surface area contributed by atoms with Crippen molar-refractivity contribution in [2.75, 3.05) is 23.3 Å². The van der Waals surface area contributed by atoms with E-state index in [1.54, 1.807) is 6.20 Å². The second-order valence-electron chi connectivity index (χ2n) is 9.99. The van der Waals surface area contributed by atoms with Crippen molar-refractivity contribution in [1.29, 1.82) is 0 Å². The number of fused-ring (bicyclic) bond motifs is 3. The third-order valence-corrected chi connectivity index (χ3v) is 7.38. The van der Waals surface area contributed by atoms with E-state index in [1.165, 1.54) is 12.5 Å². The van der Waals surface area contributed by atoms with Crippen LogP contribution >= 0.6 is 0 Å². The maximum absolute atomic E-state index is 13.2. The summed E-state index contributed by atoms with van der Waals surface area (Å²) in [6.45, 7) is 4.60. The topological polar surface area (TPSA) is 98.8 Å². The van der Waals surface area contributed by atoms with Crippen LogP contribution in [0.5, 0.6) is 0 Å². The van der Waals surface area contributed by atoms with Crippen LogP contribution in [0.2, 0.25) is 0 Å². The summed E-state index contributed by atoms with van der Waals surface area (Å²) in [5.74, 6) is 2.54. The Morgan fingerprint density at radius 2 is 1.87 bits per heavy atom. The Kier molecular flexibility index (Phi) is 5.47. The number of H-pyrrole nitrogens is 1. The lowest BCUT2D eigenvalue weighted by atomic mass is 9.87. The van der Waals surface area contributed by atoms with Crippen LogP contribution < -0.4 is 10.2 Å². The average molecular weight is 508 g/mol. The summed E-state index contributed by atoms with van der Waals surface area (Å²) in [5.41, 5.74) is 3.72. The van der Waals surface area contributed by atoms with Gasteiger partial charge in [-0.1, -0.05) is 18.2 Å². The summed E-state index contributed by atoms with van der Waals surface area (Å²) < 4.78 is 13.2. The maximum Gasteiger partial charge on any atom is 0.212 e. The molecule has 0 aliphatic carbocycles. The van der Waals surface area contributed by atoms with Gasteiger partial charge in [0.25, 0.3) is 0 Å². The van der Waals surface area contributed by atoms with Crippen LogP contribution in [0.15, 0.2) is 67.0 Å². The van der Waals surface area contributed by atoms with Gasteiger partial charge in [0, 0.05) is 66.8 Å². The van der Waals surface area contributed by atoms with Crippen molar-refractivity contribution in [3.05, 3.63) is 84.2 Å². The minimum absolute atomic E-state index is 0.437. The minimum atomic E-state index is -0.437. The highest BCUT2D eigenvalue weighted by atomic mass is 19.1. The number of pyridine rings is 2. The van der Waals surface area contributed by atoms with Crippen LogP contribution in [0.4, 0.5) is 21.8 Å². The van der Waals surface area contributed by atoms with E-state index in [9.17, 15) is 4.39 Å². The van der Waals surface area contributed by atoms with Gasteiger partial charge in [-0.05, 0) is 49.2 Å². The number of hydrogen-bond acceptors (Lipinski definition) is 8. The van der Waals surface area contributed by atoms with Crippen molar-refractivity contribution in [3.8, 4) is 11.4 Å². The molecule has 1 aromatic carbocycles. The summed E-state index contributed by atoms with van der Waals surface area (Å²) in [7, 11) is 0. The van der Waals surface area contributed by atoms with Crippen molar-refractivity contribution in [3.63, 3.8) is 0 Å². The predicted molar refractivity (Wildman–Crippen MR) is 144 cm³/mol. The number of anilines is 3. The molecule has 190 valence electrons. The molecule has 3 aliphatic heterocycles. The number of hydrogen-bond donors (Lipinski definition) is 2. The van der Waals surface area contributed by atoms with Crippen LogP contribution in [-0.4, -0.2) is 60.2 Å². The molecule has 8 rings (SSSR count). The lowest BCUT2D eigenvalue weighted by molar-refractivity contribution is -0.00877. The number of nitrogens with zero attached hydrogens (tertiary/aromatic N) is 7. The van der Waals surface area contributed by atoms with Gasteiger partial charge in [0.15, 0.2) is 11.6 Å². The van der Waals surface area contributed by atoms with Gasteiger partial charge in [-0.25, -0.2) is 19.9 Å². The van der Waals surface area contributed by atoms with E-state index in [-0.39, 0.29) is 0 Å². The number of para-hydroxylation sites is 1. The highest BCUT2D eigenvalue weighted by molar-refractivity contribution is 5.91. The second kappa shape index (κ2) is 9.14. The smallest absolute Gasteiger partial charge is 0.212 e. The minimum Gasteiger partial charge on any atom is -0.353 e. The van der Waals surface area contributed by atoms with E-state index in [0.29, 0.717) is 29.5 Å². The van der Waals surface area contributed by atoms with Crippen LogP contribution in [0.1, 0.15) is 17.7 Å². The molecule has 0 amide bonds. The molecule has 4 aromatic heterocycles. The number of benzene rings is 1. The Balaban J connectivity index is 1.09. The van der Waals surface area contributed by atoms with Gasteiger partial charge in [-0.2, -0.15) is 9.49 Å². The molecule has 0 radical (unpaired) electrons. The van der Waals surface area contributed by atoms with Crippen LogP contribution in [-0.2, 0) is 6.54 Å².